The third kappa shape index (κ3) is 4.61. The average Bonchev–Trinajstić information content (AvgIpc) is 2.89. The van der Waals surface area contributed by atoms with Crippen LogP contribution in [0.4, 0.5) is 4.79 Å². The maximum atomic E-state index is 12.9. The van der Waals surface area contributed by atoms with E-state index in [1.165, 1.54) is 12.7 Å². The molecule has 6 nitrogen and oxygen atoms in total. The zero-order valence-corrected chi connectivity index (χ0v) is 16.7. The summed E-state index contributed by atoms with van der Waals surface area (Å²) in [6, 6.07) is 9.93. The van der Waals surface area contributed by atoms with Crippen molar-refractivity contribution in [2.45, 2.75) is 57.8 Å². The van der Waals surface area contributed by atoms with Crippen LogP contribution < -0.4 is 0 Å². The van der Waals surface area contributed by atoms with Crippen LogP contribution in [0, 0.1) is 5.92 Å². The van der Waals surface area contributed by atoms with Crippen LogP contribution in [0.2, 0.25) is 0 Å². The van der Waals surface area contributed by atoms with Gasteiger partial charge in [0.25, 0.3) is 0 Å². The molecule has 3 aliphatic rings. The molecule has 3 saturated heterocycles. The van der Waals surface area contributed by atoms with Crippen molar-refractivity contribution in [3.63, 3.8) is 0 Å². The topological polar surface area (TPSA) is 59.1 Å². The van der Waals surface area contributed by atoms with Crippen LogP contribution >= 0.6 is 0 Å². The number of methoxy groups -OCH3 is 1. The lowest BCUT2D eigenvalue weighted by Crippen LogP contribution is -2.50. The normalized spacial score (nSPS) is 25.8. The fourth-order valence-electron chi connectivity index (χ4n) is 4.15. The Morgan fingerprint density at radius 2 is 1.81 bits per heavy atom. The van der Waals surface area contributed by atoms with Gasteiger partial charge in [0.05, 0.1) is 7.11 Å². The number of fused-ring (bicyclic) bond motifs is 4. The number of amides is 1. The van der Waals surface area contributed by atoms with Crippen molar-refractivity contribution >= 4 is 12.1 Å². The van der Waals surface area contributed by atoms with Gasteiger partial charge in [-0.1, -0.05) is 30.3 Å². The van der Waals surface area contributed by atoms with Gasteiger partial charge in [0.15, 0.2) is 0 Å². The third-order valence-corrected chi connectivity index (χ3v) is 5.35. The Morgan fingerprint density at radius 1 is 1.11 bits per heavy atom. The highest BCUT2D eigenvalue weighted by Gasteiger charge is 2.47. The second kappa shape index (κ2) is 7.89. The molecule has 3 atom stereocenters. The molecule has 0 saturated carbocycles. The van der Waals surface area contributed by atoms with Gasteiger partial charge in [0.2, 0.25) is 0 Å². The van der Waals surface area contributed by atoms with Gasteiger partial charge >= 0.3 is 12.1 Å². The molecular weight excluding hydrogens is 344 g/mol. The van der Waals surface area contributed by atoms with Gasteiger partial charge in [-0.05, 0) is 39.2 Å². The Morgan fingerprint density at radius 3 is 2.44 bits per heavy atom. The SMILES string of the molecule is COC(=O)[C@@H]1[C@@H]2CC[C@H](CN1C(=O)OC(C)(C)C)N(Cc1ccccc1)C2. The molecule has 1 aromatic carbocycles. The molecule has 3 heterocycles. The number of hydrogen-bond donors (Lipinski definition) is 0. The van der Waals surface area contributed by atoms with E-state index in [0.29, 0.717) is 6.54 Å². The van der Waals surface area contributed by atoms with Crippen LogP contribution in [0.5, 0.6) is 0 Å². The molecule has 0 spiro atoms. The predicted molar refractivity (Wildman–Crippen MR) is 102 cm³/mol. The Balaban J connectivity index is 1.84. The van der Waals surface area contributed by atoms with E-state index in [-0.39, 0.29) is 17.9 Å². The van der Waals surface area contributed by atoms with Crippen molar-refractivity contribution in [1.82, 2.24) is 9.80 Å². The number of hydrogen-bond acceptors (Lipinski definition) is 5. The van der Waals surface area contributed by atoms with Crippen LogP contribution in [0.15, 0.2) is 30.3 Å². The van der Waals surface area contributed by atoms with Crippen molar-refractivity contribution < 1.29 is 19.1 Å². The first kappa shape index (κ1) is 19.7. The number of carbonyl (C=O) groups excluding carboxylic acids is 2. The summed E-state index contributed by atoms with van der Waals surface area (Å²) in [6.45, 7) is 7.60. The van der Waals surface area contributed by atoms with Crippen molar-refractivity contribution in [2.75, 3.05) is 20.2 Å². The summed E-state index contributed by atoms with van der Waals surface area (Å²) >= 11 is 0. The first-order valence-electron chi connectivity index (χ1n) is 9.64. The second-order valence-corrected chi connectivity index (χ2v) is 8.51. The molecule has 3 fully saturated rings. The molecule has 6 heteroatoms. The molecule has 0 unspecified atom stereocenters. The van der Waals surface area contributed by atoms with Crippen molar-refractivity contribution in [3.8, 4) is 0 Å². The molecule has 3 aliphatic heterocycles. The fourth-order valence-corrected chi connectivity index (χ4v) is 4.15. The summed E-state index contributed by atoms with van der Waals surface area (Å²) in [4.78, 5) is 29.4. The van der Waals surface area contributed by atoms with Crippen molar-refractivity contribution in [1.29, 1.82) is 0 Å². The molecule has 1 amide bonds. The molecule has 27 heavy (non-hydrogen) atoms. The highest BCUT2D eigenvalue weighted by Crippen LogP contribution is 2.34. The minimum Gasteiger partial charge on any atom is -0.467 e. The molecule has 0 N–H and O–H groups in total. The van der Waals surface area contributed by atoms with Gasteiger partial charge < -0.3 is 9.47 Å². The molecule has 0 aromatic heterocycles. The lowest BCUT2D eigenvalue weighted by Gasteiger charge is -2.36. The van der Waals surface area contributed by atoms with E-state index in [2.05, 4.69) is 17.0 Å². The highest BCUT2D eigenvalue weighted by atomic mass is 16.6. The first-order chi connectivity index (χ1) is 12.8. The molecule has 0 radical (unpaired) electrons. The van der Waals surface area contributed by atoms with Crippen molar-refractivity contribution in [3.05, 3.63) is 35.9 Å². The Labute approximate surface area is 161 Å². The zero-order chi connectivity index (χ0) is 19.6. The van der Waals surface area contributed by atoms with Crippen LogP contribution in [0.25, 0.3) is 0 Å². The molecular formula is C21H30N2O4. The Bertz CT molecular complexity index is 671. The molecule has 148 valence electrons. The number of carbonyl (C=O) groups is 2. The number of rotatable bonds is 3. The second-order valence-electron chi connectivity index (χ2n) is 8.51. The fraction of sp³-hybridized carbons (Fsp3) is 0.619. The highest BCUT2D eigenvalue weighted by molar-refractivity contribution is 5.82. The minimum absolute atomic E-state index is 0.0485. The zero-order valence-electron chi connectivity index (χ0n) is 16.7. The van der Waals surface area contributed by atoms with Gasteiger partial charge in [-0.2, -0.15) is 0 Å². The summed E-state index contributed by atoms with van der Waals surface area (Å²) in [7, 11) is 1.38. The molecule has 4 rings (SSSR count). The smallest absolute Gasteiger partial charge is 0.411 e. The molecule has 1 aromatic rings. The summed E-state index contributed by atoms with van der Waals surface area (Å²) in [6.07, 6.45) is 1.44. The predicted octanol–water partition coefficient (Wildman–Crippen LogP) is 3.06. The van der Waals surface area contributed by atoms with E-state index in [0.717, 1.165) is 25.9 Å². The van der Waals surface area contributed by atoms with Crippen LogP contribution in [-0.4, -0.2) is 59.7 Å². The third-order valence-electron chi connectivity index (χ3n) is 5.35. The van der Waals surface area contributed by atoms with E-state index in [9.17, 15) is 9.59 Å². The maximum Gasteiger partial charge on any atom is 0.411 e. The van der Waals surface area contributed by atoms with Crippen LogP contribution in [0.1, 0.15) is 39.2 Å². The number of esters is 1. The number of piperidine rings is 1. The minimum atomic E-state index is -0.604. The lowest BCUT2D eigenvalue weighted by atomic mass is 9.89. The van der Waals surface area contributed by atoms with E-state index < -0.39 is 17.7 Å². The van der Waals surface area contributed by atoms with Crippen molar-refractivity contribution in [2.24, 2.45) is 5.92 Å². The molecule has 0 aliphatic carbocycles. The van der Waals surface area contributed by atoms with Gasteiger partial charge in [-0.3, -0.25) is 9.80 Å². The van der Waals surface area contributed by atoms with Gasteiger partial charge in [0.1, 0.15) is 11.6 Å². The summed E-state index contributed by atoms with van der Waals surface area (Å²) in [5.74, 6) is -0.305. The van der Waals surface area contributed by atoms with Crippen LogP contribution in [0.3, 0.4) is 0 Å². The Hall–Kier alpha value is -2.08. The van der Waals surface area contributed by atoms with E-state index >= 15 is 0 Å². The largest absolute Gasteiger partial charge is 0.467 e. The molecule has 2 bridgehead atoms. The average molecular weight is 374 g/mol. The van der Waals surface area contributed by atoms with Gasteiger partial charge in [-0.25, -0.2) is 9.59 Å². The van der Waals surface area contributed by atoms with Crippen LogP contribution in [-0.2, 0) is 20.8 Å². The number of ether oxygens (including phenoxy) is 2. The quantitative estimate of drug-likeness (QED) is 0.761. The first-order valence-corrected chi connectivity index (χ1v) is 9.64. The summed E-state index contributed by atoms with van der Waals surface area (Å²) in [5, 5.41) is 0. The van der Waals surface area contributed by atoms with E-state index in [1.807, 2.05) is 39.0 Å². The van der Waals surface area contributed by atoms with Gasteiger partial charge in [0, 0.05) is 31.6 Å². The van der Waals surface area contributed by atoms with Gasteiger partial charge in [-0.15, -0.1) is 0 Å². The number of nitrogens with zero attached hydrogens (tertiary/aromatic N) is 2. The summed E-state index contributed by atoms with van der Waals surface area (Å²) < 4.78 is 10.6. The Kier molecular flexibility index (Phi) is 5.75. The number of benzene rings is 1. The maximum absolute atomic E-state index is 12.9. The standard InChI is InChI=1S/C21H30N2O4/c1-21(2,3)27-20(25)23-14-17-11-10-16(18(23)19(24)26-4)13-22(17)12-15-8-6-5-7-9-15/h5-9,16-18H,10-14H2,1-4H3/t16-,17-,18+/m1/s1. The monoisotopic (exact) mass is 374 g/mol. The van der Waals surface area contributed by atoms with E-state index in [1.54, 1.807) is 4.90 Å². The summed E-state index contributed by atoms with van der Waals surface area (Å²) in [5.41, 5.74) is 0.635. The lowest BCUT2D eigenvalue weighted by molar-refractivity contribution is -0.148. The van der Waals surface area contributed by atoms with E-state index in [4.69, 9.17) is 9.47 Å².